The van der Waals surface area contributed by atoms with E-state index in [2.05, 4.69) is 22.3 Å². The van der Waals surface area contributed by atoms with Gasteiger partial charge in [0.2, 0.25) is 5.91 Å². The van der Waals surface area contributed by atoms with Crippen molar-refractivity contribution in [2.75, 3.05) is 29.9 Å². The minimum atomic E-state index is 0.0256. The van der Waals surface area contributed by atoms with Crippen LogP contribution < -0.4 is 5.32 Å². The van der Waals surface area contributed by atoms with Gasteiger partial charge < -0.3 is 5.32 Å². The molecule has 2 aliphatic rings. The van der Waals surface area contributed by atoms with Crippen LogP contribution in [0, 0.1) is 5.92 Å². The van der Waals surface area contributed by atoms with Crippen molar-refractivity contribution in [3.05, 3.63) is 64.7 Å². The Bertz CT molecular complexity index is 791. The van der Waals surface area contributed by atoms with Crippen LogP contribution in [0.15, 0.2) is 48.5 Å². The van der Waals surface area contributed by atoms with Crippen molar-refractivity contribution in [3.8, 4) is 0 Å². The number of anilines is 1. The average Bonchev–Trinajstić information content (AvgIpc) is 3.44. The minimum Gasteiger partial charge on any atom is -0.326 e. The van der Waals surface area contributed by atoms with E-state index in [9.17, 15) is 4.79 Å². The van der Waals surface area contributed by atoms with Crippen molar-refractivity contribution in [2.24, 2.45) is 5.92 Å². The Kier molecular flexibility index (Phi) is 5.53. The van der Waals surface area contributed by atoms with Gasteiger partial charge in [-0.05, 0) is 41.7 Å². The normalized spacial score (nSPS) is 22.8. The minimum absolute atomic E-state index is 0.0256. The molecule has 1 saturated heterocycles. The summed E-state index contributed by atoms with van der Waals surface area (Å²) in [6.07, 6.45) is 0.876. The predicted octanol–water partition coefficient (Wildman–Crippen LogP) is 4.63. The van der Waals surface area contributed by atoms with Crippen LogP contribution in [0.1, 0.15) is 23.5 Å². The van der Waals surface area contributed by atoms with Gasteiger partial charge in [-0.3, -0.25) is 9.69 Å². The van der Waals surface area contributed by atoms with E-state index in [1.165, 1.54) is 17.1 Å². The zero-order valence-corrected chi connectivity index (χ0v) is 16.2. The predicted molar refractivity (Wildman–Crippen MR) is 110 cm³/mol. The first-order chi connectivity index (χ1) is 12.7. The first kappa shape index (κ1) is 17.9. The Labute approximate surface area is 164 Å². The summed E-state index contributed by atoms with van der Waals surface area (Å²) in [7, 11) is 0. The Balaban J connectivity index is 1.36. The van der Waals surface area contributed by atoms with E-state index in [0.717, 1.165) is 42.3 Å². The number of halogens is 1. The molecule has 0 radical (unpaired) electrons. The maximum absolute atomic E-state index is 12.6. The molecule has 2 fully saturated rings. The number of nitrogens with one attached hydrogen (secondary N) is 1. The molecule has 2 atom stereocenters. The third-order valence-corrected chi connectivity index (χ3v) is 6.42. The van der Waals surface area contributed by atoms with Crippen LogP contribution in [0.2, 0.25) is 5.02 Å². The molecule has 1 saturated carbocycles. The highest BCUT2D eigenvalue weighted by Gasteiger charge is 2.44. The molecule has 136 valence electrons. The molecule has 0 aromatic heterocycles. The Morgan fingerprint density at radius 2 is 1.96 bits per heavy atom. The van der Waals surface area contributed by atoms with Crippen molar-refractivity contribution in [1.29, 1.82) is 0 Å². The van der Waals surface area contributed by atoms with Gasteiger partial charge in [-0.25, -0.2) is 0 Å². The molecule has 1 aliphatic carbocycles. The quantitative estimate of drug-likeness (QED) is 0.813. The number of rotatable bonds is 5. The standard InChI is InChI=1S/C21H23ClN2OS/c22-20-7-2-1-6-17(20)18-13-19(18)21(25)23-16-5-3-4-15(12-16)14-24-8-10-26-11-9-24/h1-7,12,18-19H,8-11,13-14H2,(H,23,25). The third kappa shape index (κ3) is 4.25. The molecule has 0 spiro atoms. The highest BCUT2D eigenvalue weighted by molar-refractivity contribution is 7.99. The topological polar surface area (TPSA) is 32.3 Å². The second-order valence-corrected chi connectivity index (χ2v) is 8.68. The highest BCUT2D eigenvalue weighted by Crippen LogP contribution is 2.50. The van der Waals surface area contributed by atoms with E-state index in [1.54, 1.807) is 0 Å². The summed E-state index contributed by atoms with van der Waals surface area (Å²) in [5.41, 5.74) is 3.24. The number of benzene rings is 2. The second-order valence-electron chi connectivity index (χ2n) is 7.05. The number of hydrogen-bond donors (Lipinski definition) is 1. The van der Waals surface area contributed by atoms with Crippen molar-refractivity contribution in [3.63, 3.8) is 0 Å². The fourth-order valence-corrected chi connectivity index (χ4v) is 4.86. The molecule has 3 nitrogen and oxygen atoms in total. The Morgan fingerprint density at radius 1 is 1.15 bits per heavy atom. The summed E-state index contributed by atoms with van der Waals surface area (Å²) >= 11 is 8.29. The molecule has 2 aromatic rings. The molecular formula is C21H23ClN2OS. The van der Waals surface area contributed by atoms with Gasteiger partial charge >= 0.3 is 0 Å². The number of thioether (sulfide) groups is 1. The lowest BCUT2D eigenvalue weighted by Gasteiger charge is -2.26. The van der Waals surface area contributed by atoms with Crippen LogP contribution in [0.5, 0.6) is 0 Å². The SMILES string of the molecule is O=C(Nc1cccc(CN2CCSCC2)c1)C1CC1c1ccccc1Cl. The lowest BCUT2D eigenvalue weighted by molar-refractivity contribution is -0.117. The second kappa shape index (κ2) is 8.03. The van der Waals surface area contributed by atoms with E-state index in [0.29, 0.717) is 0 Å². The average molecular weight is 387 g/mol. The molecule has 26 heavy (non-hydrogen) atoms. The van der Waals surface area contributed by atoms with Crippen molar-refractivity contribution in [1.82, 2.24) is 4.90 Å². The van der Waals surface area contributed by atoms with Crippen LogP contribution >= 0.6 is 23.4 Å². The van der Waals surface area contributed by atoms with Gasteiger partial charge in [0.15, 0.2) is 0 Å². The first-order valence-corrected chi connectivity index (χ1v) is 10.7. The highest BCUT2D eigenvalue weighted by atomic mass is 35.5. The summed E-state index contributed by atoms with van der Waals surface area (Å²) in [5, 5.41) is 3.85. The molecule has 0 bridgehead atoms. The fourth-order valence-electron chi connectivity index (χ4n) is 3.60. The van der Waals surface area contributed by atoms with Gasteiger partial charge in [-0.15, -0.1) is 0 Å². The molecular weight excluding hydrogens is 364 g/mol. The van der Waals surface area contributed by atoms with Crippen molar-refractivity contribution < 1.29 is 4.79 Å². The molecule has 2 aromatic carbocycles. The fraction of sp³-hybridized carbons (Fsp3) is 0.381. The van der Waals surface area contributed by atoms with E-state index >= 15 is 0 Å². The number of carbonyl (C=O) groups excluding carboxylic acids is 1. The first-order valence-electron chi connectivity index (χ1n) is 9.15. The molecule has 4 rings (SSSR count). The monoisotopic (exact) mass is 386 g/mol. The smallest absolute Gasteiger partial charge is 0.228 e. The summed E-state index contributed by atoms with van der Waals surface area (Å²) < 4.78 is 0. The van der Waals surface area contributed by atoms with Crippen LogP contribution in [0.3, 0.4) is 0 Å². The Hall–Kier alpha value is -1.49. The molecule has 2 unspecified atom stereocenters. The van der Waals surface area contributed by atoms with Gasteiger partial charge in [0, 0.05) is 47.8 Å². The van der Waals surface area contributed by atoms with Gasteiger partial charge in [0.05, 0.1) is 0 Å². The van der Waals surface area contributed by atoms with Crippen LogP contribution in [0.25, 0.3) is 0 Å². The zero-order chi connectivity index (χ0) is 17.9. The van der Waals surface area contributed by atoms with E-state index in [-0.39, 0.29) is 17.7 Å². The molecule has 1 N–H and O–H groups in total. The summed E-state index contributed by atoms with van der Waals surface area (Å²) in [4.78, 5) is 15.1. The van der Waals surface area contributed by atoms with Gasteiger partial charge in [-0.2, -0.15) is 11.8 Å². The van der Waals surface area contributed by atoms with E-state index < -0.39 is 0 Å². The van der Waals surface area contributed by atoms with E-state index in [1.807, 2.05) is 48.2 Å². The zero-order valence-electron chi connectivity index (χ0n) is 14.7. The summed E-state index contributed by atoms with van der Waals surface area (Å²) in [6.45, 7) is 3.24. The lowest BCUT2D eigenvalue weighted by Crippen LogP contribution is -2.31. The van der Waals surface area contributed by atoms with Crippen LogP contribution in [-0.4, -0.2) is 35.4 Å². The number of hydrogen-bond acceptors (Lipinski definition) is 3. The molecule has 1 heterocycles. The van der Waals surface area contributed by atoms with Crippen molar-refractivity contribution >= 4 is 35.0 Å². The van der Waals surface area contributed by atoms with Crippen LogP contribution in [0.4, 0.5) is 5.69 Å². The maximum Gasteiger partial charge on any atom is 0.228 e. The summed E-state index contributed by atoms with van der Waals surface area (Å²) in [5.74, 6) is 2.79. The molecule has 1 amide bonds. The summed E-state index contributed by atoms with van der Waals surface area (Å²) in [6, 6.07) is 16.1. The maximum atomic E-state index is 12.6. The van der Waals surface area contributed by atoms with Gasteiger partial charge in [0.1, 0.15) is 0 Å². The molecule has 5 heteroatoms. The number of carbonyl (C=O) groups is 1. The third-order valence-electron chi connectivity index (χ3n) is 5.14. The van der Waals surface area contributed by atoms with Crippen LogP contribution in [-0.2, 0) is 11.3 Å². The Morgan fingerprint density at radius 3 is 2.77 bits per heavy atom. The molecule has 1 aliphatic heterocycles. The number of nitrogens with zero attached hydrogens (tertiary/aromatic N) is 1. The van der Waals surface area contributed by atoms with E-state index in [4.69, 9.17) is 11.6 Å². The van der Waals surface area contributed by atoms with Gasteiger partial charge in [0.25, 0.3) is 0 Å². The van der Waals surface area contributed by atoms with Crippen molar-refractivity contribution in [2.45, 2.75) is 18.9 Å². The lowest BCUT2D eigenvalue weighted by atomic mass is 10.1. The van der Waals surface area contributed by atoms with Gasteiger partial charge in [-0.1, -0.05) is 41.9 Å². The largest absolute Gasteiger partial charge is 0.326 e. The number of amides is 1.